The number of thiophene rings is 1. The van der Waals surface area contributed by atoms with Crippen LogP contribution in [-0.2, 0) is 0 Å². The van der Waals surface area contributed by atoms with E-state index in [-0.39, 0.29) is 0 Å². The third-order valence-corrected chi connectivity index (χ3v) is 2.71. The Bertz CT molecular complexity index is 476. The molecule has 2 rings (SSSR count). The average molecular weight is 232 g/mol. The molecule has 0 radical (unpaired) electrons. The van der Waals surface area contributed by atoms with Gasteiger partial charge in [0, 0.05) is 20.3 Å². The number of rotatable bonds is 3. The standard InChI is InChI=1S/C11H12N4S/c1-15(2)8-13-11-12-6-5-9(14-11)10-4-3-7-16-10/h3-8H,1-2H3/b13-8+. The van der Waals surface area contributed by atoms with Crippen LogP contribution in [0.2, 0.25) is 0 Å². The predicted octanol–water partition coefficient (Wildman–Crippen LogP) is 2.43. The van der Waals surface area contributed by atoms with E-state index in [1.54, 1.807) is 23.9 Å². The Morgan fingerprint density at radius 2 is 2.25 bits per heavy atom. The fourth-order valence-electron chi connectivity index (χ4n) is 1.14. The number of aromatic nitrogens is 2. The number of hydrogen-bond acceptors (Lipinski definition) is 4. The zero-order valence-electron chi connectivity index (χ0n) is 9.16. The van der Waals surface area contributed by atoms with Gasteiger partial charge in [-0.2, -0.15) is 0 Å². The fourth-order valence-corrected chi connectivity index (χ4v) is 1.83. The molecule has 2 aromatic heterocycles. The van der Waals surface area contributed by atoms with Crippen LogP contribution in [0.5, 0.6) is 0 Å². The quantitative estimate of drug-likeness (QED) is 0.603. The van der Waals surface area contributed by atoms with Crippen LogP contribution in [0.15, 0.2) is 34.8 Å². The van der Waals surface area contributed by atoms with E-state index in [9.17, 15) is 0 Å². The van der Waals surface area contributed by atoms with E-state index in [2.05, 4.69) is 15.0 Å². The first kappa shape index (κ1) is 10.8. The normalized spacial score (nSPS) is 10.9. The lowest BCUT2D eigenvalue weighted by molar-refractivity contribution is 0.642. The van der Waals surface area contributed by atoms with Gasteiger partial charge in [0.1, 0.15) is 0 Å². The van der Waals surface area contributed by atoms with E-state index in [4.69, 9.17) is 0 Å². The molecule has 4 nitrogen and oxygen atoms in total. The zero-order chi connectivity index (χ0) is 11.4. The van der Waals surface area contributed by atoms with Crippen molar-refractivity contribution in [3.63, 3.8) is 0 Å². The van der Waals surface area contributed by atoms with Gasteiger partial charge in [-0.3, -0.25) is 0 Å². The molecule has 16 heavy (non-hydrogen) atoms. The van der Waals surface area contributed by atoms with Crippen molar-refractivity contribution in [2.45, 2.75) is 0 Å². The Hall–Kier alpha value is -1.75. The van der Waals surface area contributed by atoms with E-state index in [1.807, 2.05) is 42.6 Å². The molecule has 0 N–H and O–H groups in total. The first-order valence-corrected chi connectivity index (χ1v) is 5.71. The van der Waals surface area contributed by atoms with Gasteiger partial charge in [0.2, 0.25) is 0 Å². The van der Waals surface area contributed by atoms with Gasteiger partial charge in [-0.25, -0.2) is 15.0 Å². The second kappa shape index (κ2) is 4.85. The molecule has 0 saturated heterocycles. The summed E-state index contributed by atoms with van der Waals surface area (Å²) < 4.78 is 0. The Labute approximate surface area is 98.3 Å². The van der Waals surface area contributed by atoms with Crippen molar-refractivity contribution >= 4 is 23.6 Å². The maximum absolute atomic E-state index is 4.36. The molecule has 0 unspecified atom stereocenters. The Morgan fingerprint density at radius 3 is 2.94 bits per heavy atom. The molecular formula is C11H12N4S. The van der Waals surface area contributed by atoms with Gasteiger partial charge in [-0.15, -0.1) is 11.3 Å². The Balaban J connectivity index is 2.27. The largest absolute Gasteiger partial charge is 0.369 e. The minimum atomic E-state index is 0.486. The minimum absolute atomic E-state index is 0.486. The number of hydrogen-bond donors (Lipinski definition) is 0. The van der Waals surface area contributed by atoms with Gasteiger partial charge < -0.3 is 4.90 Å². The highest BCUT2D eigenvalue weighted by atomic mass is 32.1. The van der Waals surface area contributed by atoms with Gasteiger partial charge in [0.15, 0.2) is 0 Å². The van der Waals surface area contributed by atoms with Crippen LogP contribution in [0, 0.1) is 0 Å². The number of aliphatic imine (C=N–C) groups is 1. The summed E-state index contributed by atoms with van der Waals surface area (Å²) in [7, 11) is 3.82. The minimum Gasteiger partial charge on any atom is -0.369 e. The van der Waals surface area contributed by atoms with Crippen molar-refractivity contribution in [1.82, 2.24) is 14.9 Å². The molecule has 0 fully saturated rings. The summed E-state index contributed by atoms with van der Waals surface area (Å²) >= 11 is 1.66. The second-order valence-electron chi connectivity index (χ2n) is 3.43. The lowest BCUT2D eigenvalue weighted by Crippen LogP contribution is -2.07. The van der Waals surface area contributed by atoms with Crippen LogP contribution >= 0.6 is 11.3 Å². The van der Waals surface area contributed by atoms with Crippen molar-refractivity contribution in [2.75, 3.05) is 14.1 Å². The lowest BCUT2D eigenvalue weighted by atomic mass is 10.3. The second-order valence-corrected chi connectivity index (χ2v) is 4.38. The van der Waals surface area contributed by atoms with Gasteiger partial charge in [-0.05, 0) is 17.5 Å². The maximum Gasteiger partial charge on any atom is 0.251 e. The molecule has 0 aliphatic carbocycles. The van der Waals surface area contributed by atoms with Crippen LogP contribution < -0.4 is 0 Å². The van der Waals surface area contributed by atoms with Crippen LogP contribution in [0.4, 0.5) is 5.95 Å². The molecule has 0 saturated carbocycles. The van der Waals surface area contributed by atoms with Crippen molar-refractivity contribution in [1.29, 1.82) is 0 Å². The zero-order valence-corrected chi connectivity index (χ0v) is 9.98. The summed E-state index contributed by atoms with van der Waals surface area (Å²) in [5, 5.41) is 2.03. The Morgan fingerprint density at radius 1 is 1.38 bits per heavy atom. The highest BCUT2D eigenvalue weighted by Crippen LogP contribution is 2.23. The first-order valence-electron chi connectivity index (χ1n) is 4.83. The van der Waals surface area contributed by atoms with Gasteiger partial charge >= 0.3 is 0 Å². The van der Waals surface area contributed by atoms with E-state index < -0.39 is 0 Å². The van der Waals surface area contributed by atoms with Gasteiger partial charge in [0.25, 0.3) is 5.95 Å². The SMILES string of the molecule is CN(C)/C=N/c1nccc(-c2cccs2)n1. The molecule has 0 amide bonds. The van der Waals surface area contributed by atoms with Crippen LogP contribution in [0.25, 0.3) is 10.6 Å². The third kappa shape index (κ3) is 2.64. The molecule has 82 valence electrons. The van der Waals surface area contributed by atoms with Crippen LogP contribution in [-0.4, -0.2) is 35.3 Å². The Kier molecular flexibility index (Phi) is 3.26. The van der Waals surface area contributed by atoms with Gasteiger partial charge in [0.05, 0.1) is 16.9 Å². The van der Waals surface area contributed by atoms with E-state index >= 15 is 0 Å². The molecule has 0 spiro atoms. The molecule has 0 aromatic carbocycles. The molecule has 0 bridgehead atoms. The van der Waals surface area contributed by atoms with Gasteiger partial charge in [-0.1, -0.05) is 6.07 Å². The monoisotopic (exact) mass is 232 g/mol. The highest BCUT2D eigenvalue weighted by Gasteiger charge is 2.01. The predicted molar refractivity (Wildman–Crippen MR) is 67.2 cm³/mol. The van der Waals surface area contributed by atoms with Crippen LogP contribution in [0.3, 0.4) is 0 Å². The van der Waals surface area contributed by atoms with Crippen molar-refractivity contribution in [2.24, 2.45) is 4.99 Å². The smallest absolute Gasteiger partial charge is 0.251 e. The molecular weight excluding hydrogens is 220 g/mol. The molecule has 0 aliphatic heterocycles. The topological polar surface area (TPSA) is 41.4 Å². The maximum atomic E-state index is 4.36. The summed E-state index contributed by atoms with van der Waals surface area (Å²) in [4.78, 5) is 15.6. The molecule has 5 heteroatoms. The van der Waals surface area contributed by atoms with E-state index in [1.165, 1.54) is 0 Å². The molecule has 2 aromatic rings. The lowest BCUT2D eigenvalue weighted by Gasteiger charge is -2.02. The van der Waals surface area contributed by atoms with E-state index in [0.29, 0.717) is 5.95 Å². The summed E-state index contributed by atoms with van der Waals surface area (Å²) in [5.74, 6) is 0.486. The number of nitrogens with zero attached hydrogens (tertiary/aromatic N) is 4. The fraction of sp³-hybridized carbons (Fsp3) is 0.182. The van der Waals surface area contributed by atoms with Crippen molar-refractivity contribution < 1.29 is 0 Å². The summed E-state index contributed by atoms with van der Waals surface area (Å²) in [5.41, 5.74) is 0.913. The summed E-state index contributed by atoms with van der Waals surface area (Å²) in [6, 6.07) is 5.93. The summed E-state index contributed by atoms with van der Waals surface area (Å²) in [6.45, 7) is 0. The molecule has 2 heterocycles. The highest BCUT2D eigenvalue weighted by molar-refractivity contribution is 7.13. The van der Waals surface area contributed by atoms with E-state index in [0.717, 1.165) is 10.6 Å². The van der Waals surface area contributed by atoms with Crippen LogP contribution in [0.1, 0.15) is 0 Å². The molecule has 0 aliphatic rings. The van der Waals surface area contributed by atoms with Crippen molar-refractivity contribution in [3.05, 3.63) is 29.8 Å². The first-order chi connectivity index (χ1) is 7.75. The average Bonchev–Trinajstić information content (AvgIpc) is 2.80. The third-order valence-electron chi connectivity index (χ3n) is 1.82. The molecule has 0 atom stereocenters. The van der Waals surface area contributed by atoms with Crippen molar-refractivity contribution in [3.8, 4) is 10.6 Å². The summed E-state index contributed by atoms with van der Waals surface area (Å²) in [6.07, 6.45) is 3.41.